The van der Waals surface area contributed by atoms with Gasteiger partial charge in [-0.25, -0.2) is 9.59 Å². The van der Waals surface area contributed by atoms with Gasteiger partial charge in [-0.3, -0.25) is 0 Å². The average Bonchev–Trinajstić information content (AvgIpc) is 2.67. The van der Waals surface area contributed by atoms with E-state index >= 15 is 0 Å². The molecule has 0 spiro atoms. The highest BCUT2D eigenvalue weighted by atomic mass is 16.5. The third-order valence-corrected chi connectivity index (χ3v) is 4.28. The second kappa shape index (κ2) is 8.44. The molecule has 2 amide bonds. The van der Waals surface area contributed by atoms with E-state index in [0.717, 1.165) is 5.56 Å². The molecule has 3 rings (SSSR count). The van der Waals surface area contributed by atoms with Crippen LogP contribution < -0.4 is 14.8 Å². The molecule has 0 bridgehead atoms. The van der Waals surface area contributed by atoms with E-state index in [-0.39, 0.29) is 6.03 Å². The van der Waals surface area contributed by atoms with Gasteiger partial charge < -0.3 is 24.4 Å². The van der Waals surface area contributed by atoms with Gasteiger partial charge in [0.2, 0.25) is 0 Å². The SMILES string of the molecule is COC(=O)c1cccc(NC(=O)N2CCCOc3c(cccc3OC)C2)c1. The molecule has 0 radical (unpaired) electrons. The van der Waals surface area contributed by atoms with Gasteiger partial charge in [0.15, 0.2) is 11.5 Å². The third kappa shape index (κ3) is 4.31. The number of methoxy groups -OCH3 is 2. The molecule has 0 atom stereocenters. The van der Waals surface area contributed by atoms with Crippen LogP contribution in [-0.4, -0.2) is 44.3 Å². The van der Waals surface area contributed by atoms with Crippen LogP contribution in [0.2, 0.25) is 0 Å². The fourth-order valence-electron chi connectivity index (χ4n) is 2.94. The van der Waals surface area contributed by atoms with Crippen LogP contribution in [0, 0.1) is 0 Å². The van der Waals surface area contributed by atoms with E-state index in [9.17, 15) is 9.59 Å². The molecule has 0 fully saturated rings. The van der Waals surface area contributed by atoms with Crippen LogP contribution in [0.4, 0.5) is 10.5 Å². The predicted octanol–water partition coefficient (Wildman–Crippen LogP) is 3.30. The Morgan fingerprint density at radius 1 is 1.15 bits per heavy atom. The van der Waals surface area contributed by atoms with Crippen LogP contribution in [0.1, 0.15) is 22.3 Å². The zero-order valence-electron chi connectivity index (χ0n) is 15.4. The Balaban J connectivity index is 1.77. The molecule has 7 heteroatoms. The molecule has 27 heavy (non-hydrogen) atoms. The van der Waals surface area contributed by atoms with E-state index in [2.05, 4.69) is 5.32 Å². The fourth-order valence-corrected chi connectivity index (χ4v) is 2.94. The van der Waals surface area contributed by atoms with E-state index < -0.39 is 5.97 Å². The summed E-state index contributed by atoms with van der Waals surface area (Å²) in [6, 6.07) is 12.0. The molecule has 1 aliphatic rings. The molecule has 2 aromatic rings. The number of para-hydroxylation sites is 1. The normalized spacial score (nSPS) is 13.5. The second-order valence-electron chi connectivity index (χ2n) is 6.07. The van der Waals surface area contributed by atoms with Crippen molar-refractivity contribution in [3.63, 3.8) is 0 Å². The van der Waals surface area contributed by atoms with E-state index in [4.69, 9.17) is 14.2 Å². The summed E-state index contributed by atoms with van der Waals surface area (Å²) < 4.78 is 15.9. The third-order valence-electron chi connectivity index (χ3n) is 4.28. The number of anilines is 1. The first kappa shape index (κ1) is 18.6. The fraction of sp³-hybridized carbons (Fsp3) is 0.300. The summed E-state index contributed by atoms with van der Waals surface area (Å²) >= 11 is 0. The Morgan fingerprint density at radius 3 is 2.74 bits per heavy atom. The number of nitrogens with one attached hydrogen (secondary N) is 1. The lowest BCUT2D eigenvalue weighted by molar-refractivity contribution is 0.0600. The molecule has 142 valence electrons. The number of nitrogens with zero attached hydrogens (tertiary/aromatic N) is 1. The summed E-state index contributed by atoms with van der Waals surface area (Å²) in [7, 11) is 2.91. The number of esters is 1. The molecule has 1 heterocycles. The number of hydrogen-bond donors (Lipinski definition) is 1. The Labute approximate surface area is 157 Å². The average molecular weight is 370 g/mol. The summed E-state index contributed by atoms with van der Waals surface area (Å²) in [6.07, 6.45) is 0.701. The largest absolute Gasteiger partial charge is 0.493 e. The Morgan fingerprint density at radius 2 is 1.96 bits per heavy atom. The first-order chi connectivity index (χ1) is 13.1. The van der Waals surface area contributed by atoms with Crippen molar-refractivity contribution in [1.29, 1.82) is 0 Å². The minimum absolute atomic E-state index is 0.243. The Hall–Kier alpha value is -3.22. The molecular formula is C20H22N2O5. The summed E-state index contributed by atoms with van der Waals surface area (Å²) in [5.74, 6) is 0.876. The molecule has 0 aliphatic carbocycles. The highest BCUT2D eigenvalue weighted by Gasteiger charge is 2.21. The molecular weight excluding hydrogens is 348 g/mol. The molecule has 0 unspecified atom stereocenters. The van der Waals surface area contributed by atoms with Gasteiger partial charge in [0.25, 0.3) is 0 Å². The maximum absolute atomic E-state index is 12.8. The number of carbonyl (C=O) groups excluding carboxylic acids is 2. The van der Waals surface area contributed by atoms with Crippen LogP contribution in [0.25, 0.3) is 0 Å². The van der Waals surface area contributed by atoms with Gasteiger partial charge in [0.1, 0.15) is 0 Å². The Bertz CT molecular complexity index is 837. The van der Waals surface area contributed by atoms with Crippen molar-refractivity contribution >= 4 is 17.7 Å². The van der Waals surface area contributed by atoms with Crippen molar-refractivity contribution < 1.29 is 23.8 Å². The van der Waals surface area contributed by atoms with Crippen molar-refractivity contribution in [2.24, 2.45) is 0 Å². The minimum Gasteiger partial charge on any atom is -0.493 e. The maximum atomic E-state index is 12.8. The molecule has 1 aliphatic heterocycles. The molecule has 7 nitrogen and oxygen atoms in total. The van der Waals surface area contributed by atoms with Crippen LogP contribution >= 0.6 is 0 Å². The van der Waals surface area contributed by atoms with Crippen molar-refractivity contribution in [3.8, 4) is 11.5 Å². The van der Waals surface area contributed by atoms with Gasteiger partial charge in [-0.05, 0) is 30.7 Å². The molecule has 0 aromatic heterocycles. The predicted molar refractivity (Wildman–Crippen MR) is 100 cm³/mol. The zero-order valence-corrected chi connectivity index (χ0v) is 15.4. The summed E-state index contributed by atoms with van der Waals surface area (Å²) in [5, 5.41) is 2.85. The zero-order chi connectivity index (χ0) is 19.2. The van der Waals surface area contributed by atoms with E-state index in [0.29, 0.717) is 48.9 Å². The van der Waals surface area contributed by atoms with Gasteiger partial charge >= 0.3 is 12.0 Å². The number of urea groups is 1. The van der Waals surface area contributed by atoms with E-state index in [1.54, 1.807) is 36.3 Å². The first-order valence-electron chi connectivity index (χ1n) is 8.65. The van der Waals surface area contributed by atoms with Crippen molar-refractivity contribution in [1.82, 2.24) is 4.90 Å². The molecule has 0 saturated carbocycles. The van der Waals surface area contributed by atoms with Crippen molar-refractivity contribution in [3.05, 3.63) is 53.6 Å². The Kier molecular flexibility index (Phi) is 5.80. The van der Waals surface area contributed by atoms with E-state index in [1.807, 2.05) is 18.2 Å². The monoisotopic (exact) mass is 370 g/mol. The number of carbonyl (C=O) groups is 2. The van der Waals surface area contributed by atoms with Crippen LogP contribution in [0.5, 0.6) is 11.5 Å². The van der Waals surface area contributed by atoms with Crippen LogP contribution in [0.15, 0.2) is 42.5 Å². The van der Waals surface area contributed by atoms with Gasteiger partial charge in [0.05, 0.1) is 32.9 Å². The lowest BCUT2D eigenvalue weighted by Gasteiger charge is -2.27. The first-order valence-corrected chi connectivity index (χ1v) is 8.65. The molecule has 1 N–H and O–H groups in total. The highest BCUT2D eigenvalue weighted by molar-refractivity contribution is 5.93. The number of hydrogen-bond acceptors (Lipinski definition) is 5. The van der Waals surface area contributed by atoms with E-state index in [1.165, 1.54) is 7.11 Å². The topological polar surface area (TPSA) is 77.1 Å². The lowest BCUT2D eigenvalue weighted by Crippen LogP contribution is -2.37. The molecule has 2 aromatic carbocycles. The standard InChI is InChI=1S/C20H22N2O5/c1-25-17-9-4-7-15-13-22(10-5-11-27-18(15)17)20(24)21-16-8-3-6-14(12-16)19(23)26-2/h3-4,6-9,12H,5,10-11,13H2,1-2H3,(H,21,24). The van der Waals surface area contributed by atoms with Gasteiger partial charge in [-0.1, -0.05) is 18.2 Å². The van der Waals surface area contributed by atoms with Crippen molar-refractivity contribution in [2.45, 2.75) is 13.0 Å². The molecule has 0 saturated heterocycles. The number of ether oxygens (including phenoxy) is 3. The van der Waals surface area contributed by atoms with Gasteiger partial charge in [-0.2, -0.15) is 0 Å². The van der Waals surface area contributed by atoms with Crippen LogP contribution in [-0.2, 0) is 11.3 Å². The summed E-state index contributed by atoms with van der Waals surface area (Å²) in [4.78, 5) is 26.2. The minimum atomic E-state index is -0.449. The number of rotatable bonds is 3. The van der Waals surface area contributed by atoms with Gasteiger partial charge in [0, 0.05) is 17.8 Å². The second-order valence-corrected chi connectivity index (χ2v) is 6.07. The number of fused-ring (bicyclic) bond motifs is 1. The maximum Gasteiger partial charge on any atom is 0.337 e. The van der Waals surface area contributed by atoms with Crippen LogP contribution in [0.3, 0.4) is 0 Å². The quantitative estimate of drug-likeness (QED) is 0.839. The highest BCUT2D eigenvalue weighted by Crippen LogP contribution is 2.33. The van der Waals surface area contributed by atoms with Gasteiger partial charge in [-0.15, -0.1) is 0 Å². The summed E-state index contributed by atoms with van der Waals surface area (Å²) in [6.45, 7) is 1.45. The lowest BCUT2D eigenvalue weighted by atomic mass is 10.1. The smallest absolute Gasteiger partial charge is 0.337 e. The van der Waals surface area contributed by atoms with Crippen molar-refractivity contribution in [2.75, 3.05) is 32.7 Å². The number of benzene rings is 2. The number of amides is 2. The summed E-state index contributed by atoms with van der Waals surface area (Å²) in [5.41, 5.74) is 1.80.